The van der Waals surface area contributed by atoms with Gasteiger partial charge in [-0.05, 0) is 12.1 Å². The van der Waals surface area contributed by atoms with E-state index in [0.29, 0.717) is 11.4 Å². The van der Waals surface area contributed by atoms with Crippen LogP contribution in [0.25, 0.3) is 11.4 Å². The molecule has 18 heavy (non-hydrogen) atoms. The molecule has 7 heteroatoms. The number of sulfone groups is 1. The molecule has 1 aromatic heterocycles. The number of methoxy groups -OCH3 is 1. The number of hydrogen-bond donors (Lipinski definition) is 0. The standard InChI is InChI=1S/C11H10N3O3S/c1-17-11-13-7-12-10(14-11)8-4-3-5-9(6-8)18(2,15)16/h3-6H,1-2H3. The summed E-state index contributed by atoms with van der Waals surface area (Å²) < 4.78 is 27.8. The maximum atomic E-state index is 11.5. The molecule has 0 saturated carbocycles. The molecule has 0 amide bonds. The van der Waals surface area contributed by atoms with E-state index in [1.807, 2.05) is 0 Å². The Bertz CT molecular complexity index is 671. The van der Waals surface area contributed by atoms with E-state index in [2.05, 4.69) is 21.3 Å². The Kier molecular flexibility index (Phi) is 3.24. The predicted octanol–water partition coefficient (Wildman–Crippen LogP) is 0.751. The second kappa shape index (κ2) is 4.69. The minimum atomic E-state index is -3.26. The van der Waals surface area contributed by atoms with E-state index in [-0.39, 0.29) is 10.9 Å². The Morgan fingerprint density at radius 1 is 1.28 bits per heavy atom. The molecule has 93 valence electrons. The quantitative estimate of drug-likeness (QED) is 0.813. The SMILES string of the molecule is COc1n[c]nc(-c2cccc(S(C)(=O)=O)c2)n1. The molecule has 0 aliphatic heterocycles. The topological polar surface area (TPSA) is 82.0 Å². The maximum absolute atomic E-state index is 11.5. The fraction of sp³-hybridized carbons (Fsp3) is 0.182. The van der Waals surface area contributed by atoms with Crippen LogP contribution >= 0.6 is 0 Å². The number of rotatable bonds is 3. The Morgan fingerprint density at radius 3 is 2.72 bits per heavy atom. The summed E-state index contributed by atoms with van der Waals surface area (Å²) in [5.41, 5.74) is 0.565. The van der Waals surface area contributed by atoms with Crippen molar-refractivity contribution in [3.05, 3.63) is 30.6 Å². The van der Waals surface area contributed by atoms with Crippen molar-refractivity contribution in [1.29, 1.82) is 0 Å². The Labute approximate surface area is 105 Å². The van der Waals surface area contributed by atoms with Crippen LogP contribution < -0.4 is 4.74 Å². The van der Waals surface area contributed by atoms with Crippen molar-refractivity contribution in [3.63, 3.8) is 0 Å². The van der Waals surface area contributed by atoms with Gasteiger partial charge in [0.2, 0.25) is 6.33 Å². The summed E-state index contributed by atoms with van der Waals surface area (Å²) in [4.78, 5) is 11.7. The van der Waals surface area contributed by atoms with Gasteiger partial charge in [0.25, 0.3) is 0 Å². The molecule has 6 nitrogen and oxygen atoms in total. The first-order valence-electron chi connectivity index (χ1n) is 4.97. The van der Waals surface area contributed by atoms with E-state index in [4.69, 9.17) is 4.74 Å². The van der Waals surface area contributed by atoms with Gasteiger partial charge in [0.05, 0.1) is 12.0 Å². The van der Waals surface area contributed by atoms with E-state index in [1.54, 1.807) is 12.1 Å². The van der Waals surface area contributed by atoms with Gasteiger partial charge in [-0.25, -0.2) is 13.4 Å². The van der Waals surface area contributed by atoms with Crippen molar-refractivity contribution >= 4 is 9.84 Å². The summed E-state index contributed by atoms with van der Waals surface area (Å²) >= 11 is 0. The van der Waals surface area contributed by atoms with Gasteiger partial charge in [-0.3, -0.25) is 0 Å². The second-order valence-corrected chi connectivity index (χ2v) is 5.56. The van der Waals surface area contributed by atoms with Crippen LogP contribution in [0.15, 0.2) is 29.2 Å². The minimum Gasteiger partial charge on any atom is -0.467 e. The summed E-state index contributed by atoms with van der Waals surface area (Å²) in [7, 11) is -1.83. The number of benzene rings is 1. The summed E-state index contributed by atoms with van der Waals surface area (Å²) in [6.07, 6.45) is 3.55. The van der Waals surface area contributed by atoms with Crippen molar-refractivity contribution in [2.24, 2.45) is 0 Å². The van der Waals surface area contributed by atoms with Gasteiger partial charge in [0.1, 0.15) is 0 Å². The third-order valence-electron chi connectivity index (χ3n) is 2.21. The molecule has 0 aliphatic carbocycles. The van der Waals surface area contributed by atoms with Crippen LogP contribution in [-0.4, -0.2) is 36.7 Å². The average Bonchev–Trinajstić information content (AvgIpc) is 2.38. The number of nitrogens with zero attached hydrogens (tertiary/aromatic N) is 3. The minimum absolute atomic E-state index is 0.129. The van der Waals surface area contributed by atoms with Crippen LogP contribution in [0.4, 0.5) is 0 Å². The van der Waals surface area contributed by atoms with Crippen molar-refractivity contribution in [2.45, 2.75) is 4.90 Å². The molecule has 0 spiro atoms. The van der Waals surface area contributed by atoms with Crippen molar-refractivity contribution in [1.82, 2.24) is 15.0 Å². The smallest absolute Gasteiger partial charge is 0.320 e. The lowest BCUT2D eigenvalue weighted by Gasteiger charge is -2.03. The molecule has 0 saturated heterocycles. The summed E-state index contributed by atoms with van der Waals surface area (Å²) in [6.45, 7) is 0. The number of hydrogen-bond acceptors (Lipinski definition) is 6. The van der Waals surface area contributed by atoms with Gasteiger partial charge in [-0.1, -0.05) is 12.1 Å². The fourth-order valence-corrected chi connectivity index (χ4v) is 2.01. The Balaban J connectivity index is 2.51. The average molecular weight is 264 g/mol. The van der Waals surface area contributed by atoms with Gasteiger partial charge in [-0.2, -0.15) is 9.97 Å². The molecule has 1 aromatic carbocycles. The molecule has 2 rings (SSSR count). The monoisotopic (exact) mass is 264 g/mol. The van der Waals surface area contributed by atoms with Gasteiger partial charge in [0.15, 0.2) is 15.7 Å². The van der Waals surface area contributed by atoms with Gasteiger partial charge >= 0.3 is 6.01 Å². The first-order chi connectivity index (χ1) is 8.50. The fourth-order valence-electron chi connectivity index (χ4n) is 1.34. The predicted molar refractivity (Wildman–Crippen MR) is 63.8 cm³/mol. The van der Waals surface area contributed by atoms with Crippen LogP contribution in [0.5, 0.6) is 6.01 Å². The first-order valence-corrected chi connectivity index (χ1v) is 6.86. The maximum Gasteiger partial charge on any atom is 0.320 e. The summed E-state index contributed by atoms with van der Waals surface area (Å²) in [5.74, 6) is 0.312. The van der Waals surface area contributed by atoms with E-state index in [1.165, 1.54) is 19.2 Å². The van der Waals surface area contributed by atoms with Crippen LogP contribution in [0, 0.1) is 6.33 Å². The molecule has 1 radical (unpaired) electrons. The van der Waals surface area contributed by atoms with Gasteiger partial charge < -0.3 is 4.74 Å². The normalized spacial score (nSPS) is 11.2. The Morgan fingerprint density at radius 2 is 2.06 bits per heavy atom. The number of aromatic nitrogens is 3. The van der Waals surface area contributed by atoms with Gasteiger partial charge in [0, 0.05) is 11.8 Å². The zero-order valence-corrected chi connectivity index (χ0v) is 10.6. The Hall–Kier alpha value is -2.02. The van der Waals surface area contributed by atoms with E-state index < -0.39 is 9.84 Å². The molecule has 2 aromatic rings. The van der Waals surface area contributed by atoms with E-state index >= 15 is 0 Å². The molecule has 0 unspecified atom stereocenters. The van der Waals surface area contributed by atoms with Crippen LogP contribution in [0.1, 0.15) is 0 Å². The van der Waals surface area contributed by atoms with Crippen LogP contribution in [0.3, 0.4) is 0 Å². The molecular formula is C11H10N3O3S. The molecule has 0 fully saturated rings. The lowest BCUT2D eigenvalue weighted by molar-refractivity contribution is 0.378. The van der Waals surface area contributed by atoms with Crippen molar-refractivity contribution in [3.8, 4) is 17.4 Å². The zero-order chi connectivity index (χ0) is 13.2. The first kappa shape index (κ1) is 12.4. The van der Waals surface area contributed by atoms with Crippen molar-refractivity contribution in [2.75, 3.05) is 13.4 Å². The van der Waals surface area contributed by atoms with Crippen molar-refractivity contribution < 1.29 is 13.2 Å². The lowest BCUT2D eigenvalue weighted by atomic mass is 10.2. The molecule has 0 atom stereocenters. The molecule has 1 heterocycles. The highest BCUT2D eigenvalue weighted by Gasteiger charge is 2.10. The third kappa shape index (κ3) is 2.62. The largest absolute Gasteiger partial charge is 0.467 e. The molecular weight excluding hydrogens is 254 g/mol. The van der Waals surface area contributed by atoms with Gasteiger partial charge in [-0.15, -0.1) is 0 Å². The van der Waals surface area contributed by atoms with Crippen LogP contribution in [0.2, 0.25) is 0 Å². The highest BCUT2D eigenvalue weighted by atomic mass is 32.2. The molecule has 0 N–H and O–H groups in total. The van der Waals surface area contributed by atoms with E-state index in [0.717, 1.165) is 6.26 Å². The van der Waals surface area contributed by atoms with E-state index in [9.17, 15) is 8.42 Å². The molecule has 0 aliphatic rings. The second-order valence-electron chi connectivity index (χ2n) is 3.55. The summed E-state index contributed by atoms with van der Waals surface area (Å²) in [6, 6.07) is 6.47. The third-order valence-corrected chi connectivity index (χ3v) is 3.32. The van der Waals surface area contributed by atoms with Crippen LogP contribution in [-0.2, 0) is 9.84 Å². The lowest BCUT2D eigenvalue weighted by Crippen LogP contribution is -1.99. The summed E-state index contributed by atoms with van der Waals surface area (Å²) in [5, 5.41) is 0. The number of ether oxygens (including phenoxy) is 1. The molecule has 0 bridgehead atoms. The zero-order valence-electron chi connectivity index (χ0n) is 9.78. The highest BCUT2D eigenvalue weighted by molar-refractivity contribution is 7.90. The highest BCUT2D eigenvalue weighted by Crippen LogP contribution is 2.19.